The minimum atomic E-state index is 0. The van der Waals surface area contributed by atoms with Crippen molar-refractivity contribution in [3.8, 4) is 5.75 Å². The van der Waals surface area contributed by atoms with Gasteiger partial charge in [-0.2, -0.15) is 0 Å². The van der Waals surface area contributed by atoms with Gasteiger partial charge in [-0.25, -0.2) is 0 Å². The third kappa shape index (κ3) is 4.98. The van der Waals surface area contributed by atoms with Gasteiger partial charge in [-0.05, 0) is 60.9 Å². The molecule has 3 heteroatoms. The van der Waals surface area contributed by atoms with Crippen LogP contribution in [0.1, 0.15) is 36.3 Å². The van der Waals surface area contributed by atoms with Gasteiger partial charge in [-0.15, -0.1) is 12.4 Å². The summed E-state index contributed by atoms with van der Waals surface area (Å²) >= 11 is 0. The Hall–Kier alpha value is -1.51. The fourth-order valence-electron chi connectivity index (χ4n) is 3.46. The third-order valence-corrected chi connectivity index (χ3v) is 4.73. The average molecular weight is 332 g/mol. The molecule has 1 aliphatic rings. The molecule has 0 radical (unpaired) electrons. The van der Waals surface area contributed by atoms with Gasteiger partial charge in [0.1, 0.15) is 5.75 Å². The Morgan fingerprint density at radius 2 is 1.74 bits per heavy atom. The summed E-state index contributed by atoms with van der Waals surface area (Å²) in [5.41, 5.74) is 2.83. The van der Waals surface area contributed by atoms with Gasteiger partial charge in [0, 0.05) is 6.54 Å². The first kappa shape index (κ1) is 17.8. The number of benzene rings is 2. The molecule has 0 bridgehead atoms. The maximum Gasteiger partial charge on any atom is 0.118 e. The second kappa shape index (κ2) is 8.95. The van der Waals surface area contributed by atoms with E-state index in [9.17, 15) is 0 Å². The molecule has 2 aromatic carbocycles. The molecule has 1 aliphatic carbocycles. The molecule has 0 spiro atoms. The molecule has 0 amide bonds. The standard InChI is InChI=1S/C20H25NO.ClH/c1-22-20-11-9-18(10-12-20)19-8-7-17(13-19)15-21-14-16-5-3-2-4-6-16;/h2-6,9-12,17,19,21H,7-8,13-15H2,1H3;1H. The van der Waals surface area contributed by atoms with Gasteiger partial charge in [0.05, 0.1) is 7.11 Å². The Labute approximate surface area is 145 Å². The smallest absolute Gasteiger partial charge is 0.118 e. The lowest BCUT2D eigenvalue weighted by molar-refractivity contribution is 0.414. The summed E-state index contributed by atoms with van der Waals surface area (Å²) in [6.45, 7) is 2.10. The van der Waals surface area contributed by atoms with E-state index in [1.54, 1.807) is 7.11 Å². The average Bonchev–Trinajstić information content (AvgIpc) is 3.05. The highest BCUT2D eigenvalue weighted by atomic mass is 35.5. The normalized spacial score (nSPS) is 20.0. The van der Waals surface area contributed by atoms with Crippen molar-refractivity contribution in [3.05, 3.63) is 65.7 Å². The van der Waals surface area contributed by atoms with Crippen LogP contribution in [-0.4, -0.2) is 13.7 Å². The van der Waals surface area contributed by atoms with Gasteiger partial charge in [-0.1, -0.05) is 42.5 Å². The van der Waals surface area contributed by atoms with E-state index in [-0.39, 0.29) is 12.4 Å². The van der Waals surface area contributed by atoms with Crippen LogP contribution >= 0.6 is 12.4 Å². The van der Waals surface area contributed by atoms with E-state index in [1.165, 1.54) is 30.4 Å². The SMILES string of the molecule is COc1ccc(C2CCC(CNCc3ccccc3)C2)cc1.Cl. The van der Waals surface area contributed by atoms with Crippen molar-refractivity contribution in [3.63, 3.8) is 0 Å². The first-order valence-corrected chi connectivity index (χ1v) is 8.24. The molecule has 2 nitrogen and oxygen atoms in total. The number of rotatable bonds is 6. The van der Waals surface area contributed by atoms with Crippen LogP contribution in [0.2, 0.25) is 0 Å². The summed E-state index contributed by atoms with van der Waals surface area (Å²) in [5.74, 6) is 2.47. The van der Waals surface area contributed by atoms with Crippen molar-refractivity contribution >= 4 is 12.4 Å². The van der Waals surface area contributed by atoms with Crippen molar-refractivity contribution in [2.24, 2.45) is 5.92 Å². The molecule has 3 rings (SSSR count). The Morgan fingerprint density at radius 1 is 1.00 bits per heavy atom. The Kier molecular flexibility index (Phi) is 6.94. The maximum atomic E-state index is 5.24. The number of methoxy groups -OCH3 is 1. The first-order chi connectivity index (χ1) is 10.8. The molecule has 2 aromatic rings. The third-order valence-electron chi connectivity index (χ3n) is 4.73. The van der Waals surface area contributed by atoms with Gasteiger partial charge < -0.3 is 10.1 Å². The lowest BCUT2D eigenvalue weighted by atomic mass is 9.96. The summed E-state index contributed by atoms with van der Waals surface area (Å²) in [5, 5.41) is 3.61. The van der Waals surface area contributed by atoms with Crippen LogP contribution in [0, 0.1) is 5.92 Å². The zero-order valence-electron chi connectivity index (χ0n) is 13.7. The fraction of sp³-hybridized carbons (Fsp3) is 0.400. The Bertz CT molecular complexity index is 570. The van der Waals surface area contributed by atoms with Crippen LogP contribution in [0.4, 0.5) is 0 Å². The minimum Gasteiger partial charge on any atom is -0.497 e. The van der Waals surface area contributed by atoms with Gasteiger partial charge in [0.25, 0.3) is 0 Å². The summed E-state index contributed by atoms with van der Waals surface area (Å²) < 4.78 is 5.24. The Morgan fingerprint density at radius 3 is 2.43 bits per heavy atom. The molecule has 0 saturated heterocycles. The van der Waals surface area contributed by atoms with E-state index in [2.05, 4.69) is 59.9 Å². The number of halogens is 1. The van der Waals surface area contributed by atoms with Crippen LogP contribution in [0.25, 0.3) is 0 Å². The Balaban J connectivity index is 0.00000192. The highest BCUT2D eigenvalue weighted by Gasteiger charge is 2.25. The van der Waals surface area contributed by atoms with Gasteiger partial charge in [0.15, 0.2) is 0 Å². The largest absolute Gasteiger partial charge is 0.497 e. The topological polar surface area (TPSA) is 21.3 Å². The molecule has 23 heavy (non-hydrogen) atoms. The quantitative estimate of drug-likeness (QED) is 0.821. The lowest BCUT2D eigenvalue weighted by Gasteiger charge is -2.13. The zero-order chi connectivity index (χ0) is 15.2. The van der Waals surface area contributed by atoms with Crippen molar-refractivity contribution in [1.29, 1.82) is 0 Å². The second-order valence-electron chi connectivity index (χ2n) is 6.27. The van der Waals surface area contributed by atoms with E-state index in [4.69, 9.17) is 4.74 Å². The van der Waals surface area contributed by atoms with Gasteiger partial charge >= 0.3 is 0 Å². The van der Waals surface area contributed by atoms with E-state index in [1.807, 2.05) is 0 Å². The van der Waals surface area contributed by atoms with Gasteiger partial charge in [-0.3, -0.25) is 0 Å². The van der Waals surface area contributed by atoms with Crippen molar-refractivity contribution in [1.82, 2.24) is 5.32 Å². The number of hydrogen-bond donors (Lipinski definition) is 1. The molecule has 0 aromatic heterocycles. The van der Waals surface area contributed by atoms with E-state index < -0.39 is 0 Å². The number of ether oxygens (including phenoxy) is 1. The molecule has 1 fully saturated rings. The second-order valence-corrected chi connectivity index (χ2v) is 6.27. The summed E-state index contributed by atoms with van der Waals surface area (Å²) in [6, 6.07) is 19.3. The van der Waals surface area contributed by atoms with E-state index in [0.717, 1.165) is 30.7 Å². The molecule has 1 saturated carbocycles. The minimum absolute atomic E-state index is 0. The predicted octanol–water partition coefficient (Wildman–Crippen LogP) is 4.79. The lowest BCUT2D eigenvalue weighted by Crippen LogP contribution is -2.20. The van der Waals surface area contributed by atoms with Crippen LogP contribution in [0.3, 0.4) is 0 Å². The van der Waals surface area contributed by atoms with E-state index >= 15 is 0 Å². The molecule has 2 unspecified atom stereocenters. The van der Waals surface area contributed by atoms with Gasteiger partial charge in [0.2, 0.25) is 0 Å². The fourth-order valence-corrected chi connectivity index (χ4v) is 3.46. The van der Waals surface area contributed by atoms with E-state index in [0.29, 0.717) is 0 Å². The number of nitrogens with one attached hydrogen (secondary N) is 1. The monoisotopic (exact) mass is 331 g/mol. The van der Waals surface area contributed by atoms with Crippen LogP contribution < -0.4 is 10.1 Å². The molecule has 0 heterocycles. The number of hydrogen-bond acceptors (Lipinski definition) is 2. The van der Waals surface area contributed by atoms with Crippen LogP contribution in [0.5, 0.6) is 5.75 Å². The molecular weight excluding hydrogens is 306 g/mol. The molecular formula is C20H26ClNO. The van der Waals surface area contributed by atoms with Crippen molar-refractivity contribution in [2.45, 2.75) is 31.7 Å². The summed E-state index contributed by atoms with van der Waals surface area (Å²) in [7, 11) is 1.72. The molecule has 124 valence electrons. The van der Waals surface area contributed by atoms with Crippen molar-refractivity contribution in [2.75, 3.05) is 13.7 Å². The van der Waals surface area contributed by atoms with Crippen LogP contribution in [-0.2, 0) is 6.54 Å². The molecule has 2 atom stereocenters. The highest BCUT2D eigenvalue weighted by molar-refractivity contribution is 5.85. The summed E-state index contributed by atoms with van der Waals surface area (Å²) in [6.07, 6.45) is 3.94. The van der Waals surface area contributed by atoms with Crippen LogP contribution in [0.15, 0.2) is 54.6 Å². The highest BCUT2D eigenvalue weighted by Crippen LogP contribution is 2.38. The summed E-state index contributed by atoms with van der Waals surface area (Å²) in [4.78, 5) is 0. The zero-order valence-corrected chi connectivity index (χ0v) is 14.5. The molecule has 0 aliphatic heterocycles. The molecule has 1 N–H and O–H groups in total. The first-order valence-electron chi connectivity index (χ1n) is 8.24. The maximum absolute atomic E-state index is 5.24. The van der Waals surface area contributed by atoms with Crippen molar-refractivity contribution < 1.29 is 4.74 Å². The predicted molar refractivity (Wildman–Crippen MR) is 98.5 cm³/mol.